The zero-order chi connectivity index (χ0) is 12.8. The average Bonchev–Trinajstić information content (AvgIpc) is 2.30. The second-order valence-corrected chi connectivity index (χ2v) is 5.67. The van der Waals surface area contributed by atoms with Gasteiger partial charge in [-0.1, -0.05) is 6.92 Å². The highest BCUT2D eigenvalue weighted by Gasteiger charge is 2.10. The van der Waals surface area contributed by atoms with Crippen LogP contribution in [0.3, 0.4) is 0 Å². The van der Waals surface area contributed by atoms with E-state index in [0.717, 1.165) is 13.0 Å². The van der Waals surface area contributed by atoms with Gasteiger partial charge in [0.15, 0.2) is 0 Å². The van der Waals surface area contributed by atoms with E-state index in [0.29, 0.717) is 15.5 Å². The Kier molecular flexibility index (Phi) is 5.70. The van der Waals surface area contributed by atoms with E-state index in [-0.39, 0.29) is 5.69 Å². The number of nitro groups is 1. The summed E-state index contributed by atoms with van der Waals surface area (Å²) in [6, 6.07) is 1.45. The van der Waals surface area contributed by atoms with Crippen LogP contribution in [0.4, 0.5) is 11.5 Å². The molecule has 0 radical (unpaired) electrons. The molecule has 1 aromatic rings. The molecule has 1 atom stereocenters. The maximum Gasteiger partial charge on any atom is 0.288 e. The number of pyridine rings is 1. The highest BCUT2D eigenvalue weighted by Crippen LogP contribution is 2.24. The quantitative estimate of drug-likeness (QED) is 0.643. The number of aromatic nitrogens is 1. The Balaban J connectivity index is 2.57. The van der Waals surface area contributed by atoms with E-state index in [9.17, 15) is 10.1 Å². The molecule has 0 aliphatic heterocycles. The lowest BCUT2D eigenvalue weighted by atomic mass is 10.3. The van der Waals surface area contributed by atoms with Gasteiger partial charge in [-0.3, -0.25) is 10.1 Å². The number of rotatable bonds is 6. The van der Waals surface area contributed by atoms with Gasteiger partial charge in [-0.25, -0.2) is 4.98 Å². The van der Waals surface area contributed by atoms with E-state index in [1.54, 1.807) is 0 Å². The van der Waals surface area contributed by atoms with Crippen LogP contribution >= 0.6 is 27.7 Å². The predicted molar refractivity (Wildman–Crippen MR) is 74.7 cm³/mol. The third-order valence-electron chi connectivity index (χ3n) is 2.28. The van der Waals surface area contributed by atoms with Crippen LogP contribution in [0.15, 0.2) is 16.7 Å². The van der Waals surface area contributed by atoms with Crippen LogP contribution in [0.2, 0.25) is 0 Å². The molecule has 0 aliphatic carbocycles. The first-order chi connectivity index (χ1) is 8.04. The molecule has 5 nitrogen and oxygen atoms in total. The summed E-state index contributed by atoms with van der Waals surface area (Å²) in [5, 5.41) is 14.3. The normalized spacial score (nSPS) is 12.2. The molecule has 17 heavy (non-hydrogen) atoms. The summed E-state index contributed by atoms with van der Waals surface area (Å²) < 4.78 is 0.614. The third kappa shape index (κ3) is 4.51. The van der Waals surface area contributed by atoms with E-state index in [1.165, 1.54) is 12.3 Å². The van der Waals surface area contributed by atoms with Gasteiger partial charge in [-0.15, -0.1) is 0 Å². The lowest BCUT2D eigenvalue weighted by Crippen LogP contribution is -2.09. The number of nitrogens with one attached hydrogen (secondary N) is 1. The maximum absolute atomic E-state index is 10.5. The van der Waals surface area contributed by atoms with Crippen molar-refractivity contribution in [1.29, 1.82) is 0 Å². The summed E-state index contributed by atoms with van der Waals surface area (Å²) >= 11 is 5.07. The van der Waals surface area contributed by atoms with Crippen LogP contribution in [0.25, 0.3) is 0 Å². The highest BCUT2D eigenvalue weighted by molar-refractivity contribution is 9.10. The largest absolute Gasteiger partial charge is 0.369 e. The van der Waals surface area contributed by atoms with Crippen LogP contribution in [0, 0.1) is 10.1 Å². The first kappa shape index (κ1) is 14.2. The molecule has 0 spiro atoms. The molecule has 1 heterocycles. The Morgan fingerprint density at radius 2 is 2.41 bits per heavy atom. The van der Waals surface area contributed by atoms with Gasteiger partial charge in [0.05, 0.1) is 9.40 Å². The molecule has 1 N–H and O–H groups in total. The number of hydrogen-bond donors (Lipinski definition) is 1. The smallest absolute Gasteiger partial charge is 0.288 e. The third-order valence-corrected chi connectivity index (χ3v) is 3.93. The van der Waals surface area contributed by atoms with Gasteiger partial charge in [0.1, 0.15) is 12.0 Å². The molecule has 0 aliphatic rings. The summed E-state index contributed by atoms with van der Waals surface area (Å²) in [4.78, 5) is 14.1. The van der Waals surface area contributed by atoms with Gasteiger partial charge < -0.3 is 5.32 Å². The lowest BCUT2D eigenvalue weighted by molar-refractivity contribution is -0.385. The molecule has 0 saturated heterocycles. The topological polar surface area (TPSA) is 68.1 Å². The van der Waals surface area contributed by atoms with E-state index in [2.05, 4.69) is 39.4 Å². The van der Waals surface area contributed by atoms with Crippen molar-refractivity contribution in [2.45, 2.75) is 18.6 Å². The molecule has 0 amide bonds. The van der Waals surface area contributed by atoms with Crippen molar-refractivity contribution in [2.75, 3.05) is 18.1 Å². The maximum atomic E-state index is 10.5. The molecule has 7 heteroatoms. The Labute approximate surface area is 113 Å². The predicted octanol–water partition coefficient (Wildman–Crippen LogP) is 3.31. The Hall–Kier alpha value is -0.820. The molecule has 0 fully saturated rings. The second-order valence-electron chi connectivity index (χ2n) is 3.54. The molecule has 0 bridgehead atoms. The first-order valence-corrected chi connectivity index (χ1v) is 7.19. The summed E-state index contributed by atoms with van der Waals surface area (Å²) in [5.41, 5.74) is -0.0140. The van der Waals surface area contributed by atoms with E-state index >= 15 is 0 Å². The van der Waals surface area contributed by atoms with Crippen LogP contribution in [-0.2, 0) is 0 Å². The first-order valence-electron chi connectivity index (χ1n) is 5.11. The molecule has 1 aromatic heterocycles. The minimum absolute atomic E-state index is 0.0140. The van der Waals surface area contributed by atoms with Crippen molar-refractivity contribution in [1.82, 2.24) is 4.98 Å². The number of halogens is 1. The van der Waals surface area contributed by atoms with Crippen molar-refractivity contribution in [2.24, 2.45) is 0 Å². The van der Waals surface area contributed by atoms with Gasteiger partial charge in [0.2, 0.25) is 0 Å². The fourth-order valence-electron chi connectivity index (χ4n) is 1.17. The average molecular weight is 320 g/mol. The van der Waals surface area contributed by atoms with Gasteiger partial charge >= 0.3 is 0 Å². The fraction of sp³-hybridized carbons (Fsp3) is 0.500. The van der Waals surface area contributed by atoms with Gasteiger partial charge in [0.25, 0.3) is 5.69 Å². The SMILES string of the molecule is CSC(C)CCNc1ncc([N+](=O)[O-])cc1Br. The number of hydrogen-bond acceptors (Lipinski definition) is 5. The van der Waals surface area contributed by atoms with E-state index in [4.69, 9.17) is 0 Å². The Bertz CT molecular complexity index is 403. The number of anilines is 1. The summed E-state index contributed by atoms with van der Waals surface area (Å²) in [7, 11) is 0. The molecule has 0 aromatic carbocycles. The lowest BCUT2D eigenvalue weighted by Gasteiger charge is -2.10. The van der Waals surface area contributed by atoms with E-state index < -0.39 is 4.92 Å². The molecular formula is C10H14BrN3O2S. The summed E-state index contributed by atoms with van der Waals surface area (Å²) in [5.74, 6) is 0.643. The van der Waals surface area contributed by atoms with Gasteiger partial charge in [0, 0.05) is 17.9 Å². The molecule has 94 valence electrons. The summed E-state index contributed by atoms with van der Waals surface area (Å²) in [6.45, 7) is 2.95. The van der Waals surface area contributed by atoms with Gasteiger partial charge in [-0.05, 0) is 28.6 Å². The highest BCUT2D eigenvalue weighted by atomic mass is 79.9. The minimum atomic E-state index is -0.461. The standard InChI is InChI=1S/C10H14BrN3O2S/c1-7(17-2)3-4-12-10-9(11)5-8(6-13-10)14(15)16/h5-7H,3-4H2,1-2H3,(H,12,13). The Morgan fingerprint density at radius 1 is 1.71 bits per heavy atom. The van der Waals surface area contributed by atoms with Gasteiger partial charge in [-0.2, -0.15) is 11.8 Å². The van der Waals surface area contributed by atoms with Crippen LogP contribution in [-0.4, -0.2) is 28.0 Å². The fourth-order valence-corrected chi connectivity index (χ4v) is 2.00. The van der Waals surface area contributed by atoms with Crippen LogP contribution in [0.5, 0.6) is 0 Å². The van der Waals surface area contributed by atoms with Crippen molar-refractivity contribution < 1.29 is 4.92 Å². The van der Waals surface area contributed by atoms with Crippen LogP contribution in [0.1, 0.15) is 13.3 Å². The van der Waals surface area contributed by atoms with Crippen LogP contribution < -0.4 is 5.32 Å². The second kappa shape index (κ2) is 6.80. The number of thioether (sulfide) groups is 1. The molecule has 1 rings (SSSR count). The van der Waals surface area contributed by atoms with Crippen molar-refractivity contribution >= 4 is 39.2 Å². The van der Waals surface area contributed by atoms with Crippen molar-refractivity contribution in [3.05, 3.63) is 26.9 Å². The minimum Gasteiger partial charge on any atom is -0.369 e. The van der Waals surface area contributed by atoms with Crippen molar-refractivity contribution in [3.63, 3.8) is 0 Å². The Morgan fingerprint density at radius 3 is 2.94 bits per heavy atom. The molecule has 0 saturated carbocycles. The zero-order valence-electron chi connectivity index (χ0n) is 9.64. The zero-order valence-corrected chi connectivity index (χ0v) is 12.0. The van der Waals surface area contributed by atoms with E-state index in [1.807, 2.05) is 11.8 Å². The summed E-state index contributed by atoms with van der Waals surface area (Å²) in [6.07, 6.45) is 4.35. The number of nitrogens with zero attached hydrogens (tertiary/aromatic N) is 2. The molecular weight excluding hydrogens is 306 g/mol. The van der Waals surface area contributed by atoms with Crippen molar-refractivity contribution in [3.8, 4) is 0 Å². The molecule has 1 unspecified atom stereocenters. The monoisotopic (exact) mass is 319 g/mol.